The van der Waals surface area contributed by atoms with Gasteiger partial charge >= 0.3 is 6.18 Å². The van der Waals surface area contributed by atoms with Crippen LogP contribution in [0, 0.1) is 0 Å². The molecule has 1 saturated heterocycles. The van der Waals surface area contributed by atoms with Crippen molar-refractivity contribution in [2.75, 3.05) is 19.8 Å². The average Bonchev–Trinajstić information content (AvgIpc) is 3.20. The minimum Gasteiger partial charge on any atom is -0.378 e. The highest BCUT2D eigenvalue weighted by molar-refractivity contribution is 5.98. The monoisotopic (exact) mass is 431 g/mol. The van der Waals surface area contributed by atoms with E-state index in [2.05, 4.69) is 10.3 Å². The second-order valence-electron chi connectivity index (χ2n) is 7.81. The van der Waals surface area contributed by atoms with Crippen LogP contribution in [0.2, 0.25) is 0 Å². The Morgan fingerprint density at radius 1 is 1.10 bits per heavy atom. The number of hydrogen-bond acceptors (Lipinski definition) is 3. The first-order valence-corrected chi connectivity index (χ1v) is 10.2. The number of ether oxygens (including phenoxy) is 1. The summed E-state index contributed by atoms with van der Waals surface area (Å²) in [6.07, 6.45) is -4.12. The molecule has 0 saturated carbocycles. The summed E-state index contributed by atoms with van der Waals surface area (Å²) in [6, 6.07) is 17.7. The first-order valence-electron chi connectivity index (χ1n) is 10.2. The zero-order valence-electron chi connectivity index (χ0n) is 16.9. The standard InChI is InChI=1S/C23H24F3N3O2/c24-23(25,26)15-29(22(30)21-10-17-8-4-5-9-20(17)28-21)19-11-18(13-31-14-19)27-12-16-6-2-1-3-7-16/h1-10,18-19,27-28H,11-15H2. The van der Waals surface area contributed by atoms with Crippen LogP contribution in [-0.4, -0.2) is 53.8 Å². The lowest BCUT2D eigenvalue weighted by molar-refractivity contribution is -0.149. The third-order valence-corrected chi connectivity index (χ3v) is 5.44. The smallest absolute Gasteiger partial charge is 0.378 e. The number of carbonyl (C=O) groups excluding carboxylic acids is 1. The van der Waals surface area contributed by atoms with Crippen LogP contribution in [-0.2, 0) is 11.3 Å². The second-order valence-corrected chi connectivity index (χ2v) is 7.81. The molecule has 1 fully saturated rings. The number of halogens is 3. The highest BCUT2D eigenvalue weighted by Crippen LogP contribution is 2.25. The van der Waals surface area contributed by atoms with E-state index in [0.29, 0.717) is 25.1 Å². The van der Waals surface area contributed by atoms with Gasteiger partial charge in [-0.15, -0.1) is 0 Å². The molecule has 31 heavy (non-hydrogen) atoms. The minimum atomic E-state index is -4.51. The van der Waals surface area contributed by atoms with Gasteiger partial charge in [-0.3, -0.25) is 4.79 Å². The first-order chi connectivity index (χ1) is 14.9. The molecule has 0 spiro atoms. The van der Waals surface area contributed by atoms with E-state index in [1.54, 1.807) is 18.2 Å². The van der Waals surface area contributed by atoms with Crippen LogP contribution in [0.25, 0.3) is 10.9 Å². The summed E-state index contributed by atoms with van der Waals surface area (Å²) >= 11 is 0. The molecule has 4 rings (SSSR count). The van der Waals surface area contributed by atoms with Crippen LogP contribution in [0.5, 0.6) is 0 Å². The van der Waals surface area contributed by atoms with Crippen LogP contribution < -0.4 is 5.32 Å². The molecule has 164 valence electrons. The van der Waals surface area contributed by atoms with Gasteiger partial charge in [-0.05, 0) is 24.1 Å². The van der Waals surface area contributed by atoms with Gasteiger partial charge in [0.2, 0.25) is 0 Å². The number of amides is 1. The molecule has 2 aromatic carbocycles. The van der Waals surface area contributed by atoms with Crippen molar-refractivity contribution in [3.05, 3.63) is 71.9 Å². The van der Waals surface area contributed by atoms with Crippen molar-refractivity contribution in [2.24, 2.45) is 0 Å². The van der Waals surface area contributed by atoms with Crippen LogP contribution in [0.1, 0.15) is 22.5 Å². The number of fused-ring (bicyclic) bond motifs is 1. The lowest BCUT2D eigenvalue weighted by Gasteiger charge is -2.38. The van der Waals surface area contributed by atoms with Crippen LogP contribution in [0.3, 0.4) is 0 Å². The molecule has 2 unspecified atom stereocenters. The predicted octanol–water partition coefficient (Wildman–Crippen LogP) is 4.12. The van der Waals surface area contributed by atoms with Gasteiger partial charge in [0.15, 0.2) is 0 Å². The topological polar surface area (TPSA) is 57.4 Å². The summed E-state index contributed by atoms with van der Waals surface area (Å²) in [4.78, 5) is 16.9. The molecular formula is C23H24F3N3O2. The molecule has 1 aliphatic rings. The highest BCUT2D eigenvalue weighted by Gasteiger charge is 2.39. The van der Waals surface area contributed by atoms with E-state index in [9.17, 15) is 18.0 Å². The number of carbonyl (C=O) groups is 1. The maximum absolute atomic E-state index is 13.3. The summed E-state index contributed by atoms with van der Waals surface area (Å²) in [5.41, 5.74) is 1.93. The Bertz CT molecular complexity index is 987. The molecule has 0 bridgehead atoms. The predicted molar refractivity (Wildman–Crippen MR) is 112 cm³/mol. The number of H-pyrrole nitrogens is 1. The van der Waals surface area contributed by atoms with Gasteiger partial charge in [0.05, 0.1) is 19.3 Å². The number of rotatable bonds is 6. The van der Waals surface area contributed by atoms with E-state index in [1.165, 1.54) is 0 Å². The molecular weight excluding hydrogens is 407 g/mol. The second kappa shape index (κ2) is 9.11. The van der Waals surface area contributed by atoms with Crippen molar-refractivity contribution >= 4 is 16.8 Å². The van der Waals surface area contributed by atoms with E-state index < -0.39 is 24.7 Å². The average molecular weight is 431 g/mol. The van der Waals surface area contributed by atoms with Gasteiger partial charge in [-0.25, -0.2) is 0 Å². The Hall–Kier alpha value is -2.84. The lowest BCUT2D eigenvalue weighted by Crippen LogP contribution is -2.53. The molecule has 3 aromatic rings. The number of alkyl halides is 3. The number of nitrogens with one attached hydrogen (secondary N) is 2. The van der Waals surface area contributed by atoms with E-state index in [1.807, 2.05) is 42.5 Å². The van der Waals surface area contributed by atoms with E-state index >= 15 is 0 Å². The third kappa shape index (κ3) is 5.45. The van der Waals surface area contributed by atoms with E-state index in [-0.39, 0.29) is 18.3 Å². The molecule has 1 amide bonds. The molecule has 0 radical (unpaired) electrons. The summed E-state index contributed by atoms with van der Waals surface area (Å²) in [7, 11) is 0. The number of para-hydroxylation sites is 1. The summed E-state index contributed by atoms with van der Waals surface area (Å²) in [5.74, 6) is -0.675. The van der Waals surface area contributed by atoms with Crippen LogP contribution in [0.15, 0.2) is 60.7 Å². The van der Waals surface area contributed by atoms with Crippen LogP contribution >= 0.6 is 0 Å². The summed E-state index contributed by atoms with van der Waals surface area (Å²) in [5, 5.41) is 4.11. The normalized spacial score (nSPS) is 19.5. The van der Waals surface area contributed by atoms with Crippen molar-refractivity contribution < 1.29 is 22.7 Å². The molecule has 5 nitrogen and oxygen atoms in total. The molecule has 2 heterocycles. The molecule has 1 aromatic heterocycles. The van der Waals surface area contributed by atoms with Gasteiger partial charge < -0.3 is 19.9 Å². The van der Waals surface area contributed by atoms with Gasteiger partial charge in [-0.1, -0.05) is 48.5 Å². The zero-order valence-corrected chi connectivity index (χ0v) is 16.9. The minimum absolute atomic E-state index is 0.0750. The highest BCUT2D eigenvalue weighted by atomic mass is 19.4. The molecule has 2 N–H and O–H groups in total. The molecule has 2 atom stereocenters. The Labute approximate surface area is 178 Å². The van der Waals surface area contributed by atoms with Crippen molar-refractivity contribution in [1.82, 2.24) is 15.2 Å². The fraction of sp³-hybridized carbons (Fsp3) is 0.348. The number of hydrogen-bond donors (Lipinski definition) is 2. The third-order valence-electron chi connectivity index (χ3n) is 5.44. The summed E-state index contributed by atoms with van der Waals surface area (Å²) < 4.78 is 45.6. The quantitative estimate of drug-likeness (QED) is 0.617. The number of nitrogens with zero attached hydrogens (tertiary/aromatic N) is 1. The van der Waals surface area contributed by atoms with Crippen LogP contribution in [0.4, 0.5) is 13.2 Å². The Morgan fingerprint density at radius 3 is 2.58 bits per heavy atom. The molecule has 0 aliphatic carbocycles. The summed E-state index contributed by atoms with van der Waals surface area (Å²) in [6.45, 7) is -0.271. The SMILES string of the molecule is O=C(c1cc2ccccc2[nH]1)N(CC(F)(F)F)C1COCC(NCc2ccccc2)C1. The Balaban J connectivity index is 1.50. The number of aromatic amines is 1. The van der Waals surface area contributed by atoms with Crippen molar-refractivity contribution in [3.8, 4) is 0 Å². The van der Waals surface area contributed by atoms with E-state index in [0.717, 1.165) is 15.8 Å². The Morgan fingerprint density at radius 2 is 1.84 bits per heavy atom. The van der Waals surface area contributed by atoms with E-state index in [4.69, 9.17) is 4.74 Å². The van der Waals surface area contributed by atoms with Gasteiger partial charge in [-0.2, -0.15) is 13.2 Å². The van der Waals surface area contributed by atoms with Gasteiger partial charge in [0.25, 0.3) is 5.91 Å². The maximum atomic E-state index is 13.3. The van der Waals surface area contributed by atoms with Gasteiger partial charge in [0, 0.05) is 23.5 Å². The fourth-order valence-corrected chi connectivity index (χ4v) is 3.93. The van der Waals surface area contributed by atoms with Gasteiger partial charge in [0.1, 0.15) is 12.2 Å². The van der Waals surface area contributed by atoms with Crippen molar-refractivity contribution in [1.29, 1.82) is 0 Å². The number of aromatic nitrogens is 1. The van der Waals surface area contributed by atoms with Crippen molar-refractivity contribution in [3.63, 3.8) is 0 Å². The first kappa shape index (κ1) is 21.4. The molecule has 1 aliphatic heterocycles. The maximum Gasteiger partial charge on any atom is 0.406 e. The largest absolute Gasteiger partial charge is 0.406 e. The molecule has 8 heteroatoms. The number of benzene rings is 2. The Kier molecular flexibility index (Phi) is 6.29. The zero-order chi connectivity index (χ0) is 21.8. The van der Waals surface area contributed by atoms with Crippen molar-refractivity contribution in [2.45, 2.75) is 31.2 Å². The fourth-order valence-electron chi connectivity index (χ4n) is 3.93. The lowest BCUT2D eigenvalue weighted by atomic mass is 10.0.